The quantitative estimate of drug-likeness (QED) is 0.900. The number of rotatable bonds is 3. The summed E-state index contributed by atoms with van der Waals surface area (Å²) in [6.07, 6.45) is 2.93. The molecular weight excluding hydrogens is 282 g/mol. The molecule has 0 amide bonds. The predicted octanol–water partition coefficient (Wildman–Crippen LogP) is 2.24. The second kappa shape index (κ2) is 4.96. The van der Waals surface area contributed by atoms with Gasteiger partial charge in [0.25, 0.3) is 0 Å². The van der Waals surface area contributed by atoms with E-state index in [2.05, 4.69) is 15.9 Å². The van der Waals surface area contributed by atoms with Gasteiger partial charge in [0.15, 0.2) is 0 Å². The molecule has 4 heteroatoms. The first kappa shape index (κ1) is 12.9. The van der Waals surface area contributed by atoms with Crippen molar-refractivity contribution < 1.29 is 9.84 Å². The maximum Gasteiger partial charge on any atom is 0.122 e. The molecule has 3 nitrogen and oxygen atoms in total. The van der Waals surface area contributed by atoms with Gasteiger partial charge in [0, 0.05) is 16.9 Å². The molecular formula is C13H18BrNO2. The van der Waals surface area contributed by atoms with E-state index in [9.17, 15) is 5.11 Å². The van der Waals surface area contributed by atoms with Crippen LogP contribution < -0.4 is 10.5 Å². The van der Waals surface area contributed by atoms with Gasteiger partial charge in [0.05, 0.1) is 12.7 Å². The van der Waals surface area contributed by atoms with Gasteiger partial charge in [-0.25, -0.2) is 0 Å². The molecule has 0 heterocycles. The van der Waals surface area contributed by atoms with Gasteiger partial charge in [-0.05, 0) is 43.0 Å². The summed E-state index contributed by atoms with van der Waals surface area (Å²) in [6, 6.07) is 5.98. The van der Waals surface area contributed by atoms with Crippen LogP contribution in [0, 0.1) is 0 Å². The molecule has 1 saturated carbocycles. The number of aliphatic hydroxyl groups is 1. The number of halogens is 1. The summed E-state index contributed by atoms with van der Waals surface area (Å²) >= 11 is 3.44. The van der Waals surface area contributed by atoms with Crippen molar-refractivity contribution in [3.8, 4) is 5.75 Å². The van der Waals surface area contributed by atoms with Crippen molar-refractivity contribution in [2.75, 3.05) is 7.11 Å². The summed E-state index contributed by atoms with van der Waals surface area (Å²) < 4.78 is 6.32. The van der Waals surface area contributed by atoms with Crippen LogP contribution in [0.5, 0.6) is 5.75 Å². The van der Waals surface area contributed by atoms with Crippen molar-refractivity contribution in [2.45, 2.75) is 37.3 Å². The van der Waals surface area contributed by atoms with Crippen LogP contribution in [0.4, 0.5) is 0 Å². The maximum absolute atomic E-state index is 10.5. The molecule has 2 atom stereocenters. The van der Waals surface area contributed by atoms with E-state index in [0.717, 1.165) is 28.6 Å². The fraction of sp³-hybridized carbons (Fsp3) is 0.538. The first-order valence-corrected chi connectivity index (χ1v) is 6.62. The van der Waals surface area contributed by atoms with Crippen molar-refractivity contribution in [3.63, 3.8) is 0 Å². The Morgan fingerprint density at radius 3 is 2.94 bits per heavy atom. The Hall–Kier alpha value is -0.580. The SMILES string of the molecule is COc1ccc(Br)cc1CC1(O)CCC(N)C1. The summed E-state index contributed by atoms with van der Waals surface area (Å²) in [5.41, 5.74) is 6.22. The van der Waals surface area contributed by atoms with E-state index in [1.54, 1.807) is 7.11 Å². The average Bonchev–Trinajstić information content (AvgIpc) is 2.59. The van der Waals surface area contributed by atoms with Crippen molar-refractivity contribution >= 4 is 15.9 Å². The molecule has 3 N–H and O–H groups in total. The second-order valence-corrected chi connectivity index (χ2v) is 5.78. The van der Waals surface area contributed by atoms with E-state index in [0.29, 0.717) is 12.8 Å². The minimum absolute atomic E-state index is 0.123. The molecule has 1 fully saturated rings. The van der Waals surface area contributed by atoms with Gasteiger partial charge >= 0.3 is 0 Å². The van der Waals surface area contributed by atoms with Gasteiger partial charge in [-0.2, -0.15) is 0 Å². The van der Waals surface area contributed by atoms with Gasteiger partial charge in [0.2, 0.25) is 0 Å². The first-order chi connectivity index (χ1) is 8.02. The molecule has 1 aromatic carbocycles. The molecule has 1 aromatic rings. The molecule has 2 unspecified atom stereocenters. The summed E-state index contributed by atoms with van der Waals surface area (Å²) in [4.78, 5) is 0. The fourth-order valence-corrected chi connectivity index (χ4v) is 2.96. The summed E-state index contributed by atoms with van der Waals surface area (Å²) in [5.74, 6) is 0.821. The third-order valence-corrected chi connectivity index (χ3v) is 3.88. The van der Waals surface area contributed by atoms with Crippen LogP contribution in [0.2, 0.25) is 0 Å². The number of hydrogen-bond acceptors (Lipinski definition) is 3. The second-order valence-electron chi connectivity index (χ2n) is 4.86. The van der Waals surface area contributed by atoms with Crippen molar-refractivity contribution in [1.29, 1.82) is 0 Å². The highest BCUT2D eigenvalue weighted by atomic mass is 79.9. The average molecular weight is 300 g/mol. The lowest BCUT2D eigenvalue weighted by Crippen LogP contribution is -2.30. The third-order valence-electron chi connectivity index (χ3n) is 3.38. The lowest BCUT2D eigenvalue weighted by atomic mass is 9.92. The first-order valence-electron chi connectivity index (χ1n) is 5.83. The van der Waals surface area contributed by atoms with Crippen LogP contribution in [0.25, 0.3) is 0 Å². The molecule has 0 saturated heterocycles. The molecule has 0 radical (unpaired) electrons. The van der Waals surface area contributed by atoms with E-state index in [4.69, 9.17) is 10.5 Å². The van der Waals surface area contributed by atoms with Gasteiger partial charge in [-0.15, -0.1) is 0 Å². The van der Waals surface area contributed by atoms with Crippen molar-refractivity contribution in [3.05, 3.63) is 28.2 Å². The number of ether oxygens (including phenoxy) is 1. The normalized spacial score (nSPS) is 28.4. The van der Waals surface area contributed by atoms with E-state index < -0.39 is 5.60 Å². The third kappa shape index (κ3) is 3.00. The predicted molar refractivity (Wildman–Crippen MR) is 71.2 cm³/mol. The standard InChI is InChI=1S/C13H18BrNO2/c1-17-12-3-2-10(14)6-9(12)7-13(16)5-4-11(15)8-13/h2-3,6,11,16H,4-5,7-8,15H2,1H3. The molecule has 0 aromatic heterocycles. The van der Waals surface area contributed by atoms with Gasteiger partial charge in [0.1, 0.15) is 5.75 Å². The molecule has 94 valence electrons. The fourth-order valence-electron chi connectivity index (χ4n) is 2.55. The Balaban J connectivity index is 2.20. The van der Waals surface area contributed by atoms with Crippen LogP contribution in [-0.2, 0) is 6.42 Å². The van der Waals surface area contributed by atoms with Crippen LogP contribution in [0.1, 0.15) is 24.8 Å². The minimum Gasteiger partial charge on any atom is -0.496 e. The summed E-state index contributed by atoms with van der Waals surface area (Å²) in [5, 5.41) is 10.5. The topological polar surface area (TPSA) is 55.5 Å². The highest BCUT2D eigenvalue weighted by Crippen LogP contribution is 2.35. The Morgan fingerprint density at radius 1 is 1.59 bits per heavy atom. The Kier molecular flexibility index (Phi) is 3.76. The molecule has 0 aliphatic heterocycles. The van der Waals surface area contributed by atoms with Crippen LogP contribution >= 0.6 is 15.9 Å². The molecule has 1 aliphatic carbocycles. The van der Waals surface area contributed by atoms with E-state index in [1.807, 2.05) is 18.2 Å². The smallest absolute Gasteiger partial charge is 0.122 e. The van der Waals surface area contributed by atoms with E-state index >= 15 is 0 Å². The van der Waals surface area contributed by atoms with Gasteiger partial charge in [-0.1, -0.05) is 15.9 Å². The Bertz CT molecular complexity index is 410. The van der Waals surface area contributed by atoms with Crippen molar-refractivity contribution in [2.24, 2.45) is 5.73 Å². The molecule has 0 spiro atoms. The zero-order chi connectivity index (χ0) is 12.5. The van der Waals surface area contributed by atoms with Gasteiger partial charge in [-0.3, -0.25) is 0 Å². The molecule has 17 heavy (non-hydrogen) atoms. The summed E-state index contributed by atoms with van der Waals surface area (Å²) in [6.45, 7) is 0. The zero-order valence-electron chi connectivity index (χ0n) is 9.95. The highest BCUT2D eigenvalue weighted by molar-refractivity contribution is 9.10. The number of benzene rings is 1. The Morgan fingerprint density at radius 2 is 2.35 bits per heavy atom. The molecule has 1 aliphatic rings. The van der Waals surface area contributed by atoms with Crippen LogP contribution in [0.15, 0.2) is 22.7 Å². The monoisotopic (exact) mass is 299 g/mol. The van der Waals surface area contributed by atoms with E-state index in [-0.39, 0.29) is 6.04 Å². The lowest BCUT2D eigenvalue weighted by molar-refractivity contribution is 0.0462. The number of nitrogens with two attached hydrogens (primary N) is 1. The van der Waals surface area contributed by atoms with Gasteiger partial charge < -0.3 is 15.6 Å². The molecule has 2 rings (SSSR count). The van der Waals surface area contributed by atoms with E-state index in [1.165, 1.54) is 0 Å². The maximum atomic E-state index is 10.5. The minimum atomic E-state index is -0.673. The Labute approximate surface area is 110 Å². The number of methoxy groups -OCH3 is 1. The zero-order valence-corrected chi connectivity index (χ0v) is 11.5. The number of hydrogen-bond donors (Lipinski definition) is 2. The largest absolute Gasteiger partial charge is 0.496 e. The van der Waals surface area contributed by atoms with Crippen LogP contribution in [-0.4, -0.2) is 23.9 Å². The van der Waals surface area contributed by atoms with Crippen LogP contribution in [0.3, 0.4) is 0 Å². The highest BCUT2D eigenvalue weighted by Gasteiger charge is 2.36. The molecule has 0 bridgehead atoms. The summed E-state index contributed by atoms with van der Waals surface area (Å²) in [7, 11) is 1.65. The lowest BCUT2D eigenvalue weighted by Gasteiger charge is -2.23. The van der Waals surface area contributed by atoms with Crippen molar-refractivity contribution in [1.82, 2.24) is 0 Å².